The minimum absolute atomic E-state index is 0.136. The van der Waals surface area contributed by atoms with Crippen LogP contribution in [0.25, 0.3) is 0 Å². The Morgan fingerprint density at radius 3 is 2.58 bits per heavy atom. The number of rotatable bonds is 9. The van der Waals surface area contributed by atoms with Gasteiger partial charge in [-0.05, 0) is 18.6 Å². The first kappa shape index (κ1) is 20.2. The summed E-state index contributed by atoms with van der Waals surface area (Å²) in [7, 11) is 3.00. The Kier molecular flexibility index (Phi) is 8.53. The number of nitrogens with two attached hydrogens (primary N) is 1. The second-order valence-electron chi connectivity index (χ2n) is 5.25. The normalized spacial score (nSPS) is 11.7. The quantitative estimate of drug-likeness (QED) is 0.621. The Hall–Kier alpha value is -1.83. The molecular formula is C16H24ClN3O4. The van der Waals surface area contributed by atoms with Crippen molar-refractivity contribution in [3.63, 3.8) is 0 Å². The second kappa shape index (κ2) is 10.1. The maximum Gasteiger partial charge on any atom is 0.226 e. The number of methoxy groups -OCH3 is 2. The summed E-state index contributed by atoms with van der Waals surface area (Å²) in [6, 6.07) is 3.38. The minimum Gasteiger partial charge on any atom is -0.495 e. The van der Waals surface area contributed by atoms with E-state index in [0.29, 0.717) is 16.5 Å². The van der Waals surface area contributed by atoms with Crippen molar-refractivity contribution >= 4 is 29.1 Å². The molecule has 0 radical (unpaired) electrons. The van der Waals surface area contributed by atoms with E-state index < -0.39 is 0 Å². The minimum atomic E-state index is -0.319. The Balaban J connectivity index is 2.47. The Morgan fingerprint density at radius 2 is 2.00 bits per heavy atom. The van der Waals surface area contributed by atoms with Crippen LogP contribution in [-0.2, 0) is 14.3 Å². The first-order chi connectivity index (χ1) is 11.4. The lowest BCUT2D eigenvalue weighted by atomic mass is 10.2. The van der Waals surface area contributed by atoms with E-state index in [1.165, 1.54) is 14.2 Å². The second-order valence-corrected chi connectivity index (χ2v) is 5.65. The molecule has 2 amide bonds. The van der Waals surface area contributed by atoms with Gasteiger partial charge < -0.3 is 25.8 Å². The third-order valence-corrected chi connectivity index (χ3v) is 3.85. The Labute approximate surface area is 146 Å². The Morgan fingerprint density at radius 1 is 1.29 bits per heavy atom. The maximum atomic E-state index is 12.0. The van der Waals surface area contributed by atoms with Crippen LogP contribution in [0.15, 0.2) is 12.1 Å². The molecule has 134 valence electrons. The zero-order valence-electron chi connectivity index (χ0n) is 14.1. The van der Waals surface area contributed by atoms with Gasteiger partial charge in [0.25, 0.3) is 0 Å². The number of halogens is 1. The van der Waals surface area contributed by atoms with Gasteiger partial charge in [0, 0.05) is 37.7 Å². The van der Waals surface area contributed by atoms with E-state index in [2.05, 4.69) is 10.6 Å². The fourth-order valence-electron chi connectivity index (χ4n) is 2.00. The zero-order valence-corrected chi connectivity index (χ0v) is 14.9. The van der Waals surface area contributed by atoms with Crippen molar-refractivity contribution < 1.29 is 19.1 Å². The SMILES string of the molecule is COc1cc(Cl)c(C)cc1NC(=O)CCNC(=O)CC(CN)OC. The van der Waals surface area contributed by atoms with Gasteiger partial charge in [-0.15, -0.1) is 0 Å². The third kappa shape index (κ3) is 6.35. The van der Waals surface area contributed by atoms with Crippen molar-refractivity contribution in [2.75, 3.05) is 32.6 Å². The summed E-state index contributed by atoms with van der Waals surface area (Å²) < 4.78 is 10.2. The highest BCUT2D eigenvalue weighted by Crippen LogP contribution is 2.30. The van der Waals surface area contributed by atoms with E-state index >= 15 is 0 Å². The predicted octanol–water partition coefficient (Wildman–Crippen LogP) is 1.47. The molecule has 4 N–H and O–H groups in total. The van der Waals surface area contributed by atoms with E-state index in [1.54, 1.807) is 12.1 Å². The summed E-state index contributed by atoms with van der Waals surface area (Å²) in [6.45, 7) is 2.32. The van der Waals surface area contributed by atoms with E-state index in [4.69, 9.17) is 26.8 Å². The predicted molar refractivity (Wildman–Crippen MR) is 93.5 cm³/mol. The molecule has 1 aromatic rings. The first-order valence-corrected chi connectivity index (χ1v) is 7.92. The van der Waals surface area contributed by atoms with Gasteiger partial charge in [0.1, 0.15) is 5.75 Å². The van der Waals surface area contributed by atoms with Gasteiger partial charge in [0.05, 0.1) is 25.3 Å². The van der Waals surface area contributed by atoms with Gasteiger partial charge in [-0.2, -0.15) is 0 Å². The molecule has 0 aliphatic rings. The fraction of sp³-hybridized carbons (Fsp3) is 0.500. The molecule has 1 aromatic carbocycles. The molecule has 0 spiro atoms. The smallest absolute Gasteiger partial charge is 0.226 e. The van der Waals surface area contributed by atoms with Gasteiger partial charge >= 0.3 is 0 Å². The van der Waals surface area contributed by atoms with E-state index in [1.807, 2.05) is 6.92 Å². The van der Waals surface area contributed by atoms with Crippen LogP contribution in [0.2, 0.25) is 5.02 Å². The molecule has 0 bridgehead atoms. The van der Waals surface area contributed by atoms with Crippen LogP contribution in [-0.4, -0.2) is 45.2 Å². The maximum absolute atomic E-state index is 12.0. The molecule has 0 aliphatic heterocycles. The lowest BCUT2D eigenvalue weighted by Gasteiger charge is -2.13. The molecular weight excluding hydrogens is 334 g/mol. The van der Waals surface area contributed by atoms with E-state index in [0.717, 1.165) is 5.56 Å². The van der Waals surface area contributed by atoms with Gasteiger partial charge in [0.15, 0.2) is 0 Å². The number of hydrogen-bond donors (Lipinski definition) is 3. The molecule has 0 saturated carbocycles. The van der Waals surface area contributed by atoms with Crippen molar-refractivity contribution in [2.45, 2.75) is 25.9 Å². The van der Waals surface area contributed by atoms with Gasteiger partial charge in [0.2, 0.25) is 11.8 Å². The topological polar surface area (TPSA) is 103 Å². The first-order valence-electron chi connectivity index (χ1n) is 7.54. The van der Waals surface area contributed by atoms with Crippen LogP contribution in [0.4, 0.5) is 5.69 Å². The highest BCUT2D eigenvalue weighted by Gasteiger charge is 2.13. The number of carbonyl (C=O) groups excluding carboxylic acids is 2. The van der Waals surface area contributed by atoms with Crippen LogP contribution in [0.5, 0.6) is 5.75 Å². The number of aryl methyl sites for hydroxylation is 1. The van der Waals surface area contributed by atoms with Crippen LogP contribution in [0.3, 0.4) is 0 Å². The molecule has 24 heavy (non-hydrogen) atoms. The van der Waals surface area contributed by atoms with Crippen molar-refractivity contribution in [2.24, 2.45) is 5.73 Å². The molecule has 8 heteroatoms. The monoisotopic (exact) mass is 357 g/mol. The van der Waals surface area contributed by atoms with Gasteiger partial charge in [-0.3, -0.25) is 9.59 Å². The molecule has 1 atom stereocenters. The number of anilines is 1. The molecule has 1 unspecified atom stereocenters. The van der Waals surface area contributed by atoms with Gasteiger partial charge in [-0.25, -0.2) is 0 Å². The number of carbonyl (C=O) groups is 2. The largest absolute Gasteiger partial charge is 0.495 e. The van der Waals surface area contributed by atoms with Crippen molar-refractivity contribution in [3.8, 4) is 5.75 Å². The summed E-state index contributed by atoms with van der Waals surface area (Å²) in [5.41, 5.74) is 6.82. The molecule has 7 nitrogen and oxygen atoms in total. The standard InChI is InChI=1S/C16H24ClN3O4/c1-10-6-13(14(24-3)8-12(10)17)20-15(21)4-5-19-16(22)7-11(9-18)23-2/h6,8,11H,4-5,7,9,18H2,1-3H3,(H,19,22)(H,20,21). The number of ether oxygens (including phenoxy) is 2. The summed E-state index contributed by atoms with van der Waals surface area (Å²) in [6.07, 6.45) is -0.0181. The molecule has 1 rings (SSSR count). The molecule has 0 fully saturated rings. The number of benzene rings is 1. The van der Waals surface area contributed by atoms with E-state index in [9.17, 15) is 9.59 Å². The molecule has 0 heterocycles. The molecule has 0 aromatic heterocycles. The molecule has 0 aliphatic carbocycles. The lowest BCUT2D eigenvalue weighted by Crippen LogP contribution is -2.33. The summed E-state index contributed by atoms with van der Waals surface area (Å²) in [5, 5.41) is 5.97. The highest BCUT2D eigenvalue weighted by molar-refractivity contribution is 6.31. The summed E-state index contributed by atoms with van der Waals surface area (Å²) in [5.74, 6) is 0.0336. The van der Waals surface area contributed by atoms with Crippen LogP contribution >= 0.6 is 11.6 Å². The van der Waals surface area contributed by atoms with Gasteiger partial charge in [-0.1, -0.05) is 11.6 Å². The van der Waals surface area contributed by atoms with Crippen molar-refractivity contribution in [1.29, 1.82) is 0 Å². The summed E-state index contributed by atoms with van der Waals surface area (Å²) >= 11 is 6.03. The number of hydrogen-bond acceptors (Lipinski definition) is 5. The zero-order chi connectivity index (χ0) is 18.1. The number of nitrogens with one attached hydrogen (secondary N) is 2. The van der Waals surface area contributed by atoms with E-state index in [-0.39, 0.29) is 43.8 Å². The van der Waals surface area contributed by atoms with Crippen LogP contribution < -0.4 is 21.1 Å². The fourth-order valence-corrected chi connectivity index (χ4v) is 2.15. The van der Waals surface area contributed by atoms with Crippen LogP contribution in [0.1, 0.15) is 18.4 Å². The van der Waals surface area contributed by atoms with Crippen molar-refractivity contribution in [3.05, 3.63) is 22.7 Å². The summed E-state index contributed by atoms with van der Waals surface area (Å²) in [4.78, 5) is 23.7. The Bertz CT molecular complexity index is 577. The average Bonchev–Trinajstić information content (AvgIpc) is 2.55. The highest BCUT2D eigenvalue weighted by atomic mass is 35.5. The van der Waals surface area contributed by atoms with Crippen molar-refractivity contribution in [1.82, 2.24) is 5.32 Å². The number of amides is 2. The lowest BCUT2D eigenvalue weighted by molar-refractivity contribution is -0.123. The average molecular weight is 358 g/mol. The van der Waals surface area contributed by atoms with Crippen LogP contribution in [0, 0.1) is 6.92 Å². The molecule has 0 saturated heterocycles. The third-order valence-electron chi connectivity index (χ3n) is 3.44.